The monoisotopic (exact) mass is 520 g/mol. The van der Waals surface area contributed by atoms with Crippen LogP contribution in [0.5, 0.6) is 0 Å². The first-order valence-electron chi connectivity index (χ1n) is 12.4. The first-order chi connectivity index (χ1) is 17.6. The standard InChI is InChI=1S/C24H33FN4O5.C3H8/c1-5-19(33-6-2)12-13-21(24(32)34-7-3)29-22(30)15-28-23(31)20(16(4)26)14-27-18-10-8-17(25)9-11-18;1-3-2/h5,8-11,14,21H,6-7,12-13,15,26H2,1-4H3,(H,28,31)(H,29,30);3H2,1-2H3/b19-5?,20-16+,27-14?;. The van der Waals surface area contributed by atoms with Gasteiger partial charge in [-0.2, -0.15) is 0 Å². The minimum absolute atomic E-state index is 0.0495. The molecule has 1 atom stereocenters. The van der Waals surface area contributed by atoms with Crippen LogP contribution in [0.25, 0.3) is 0 Å². The highest BCUT2D eigenvalue weighted by Gasteiger charge is 2.23. The summed E-state index contributed by atoms with van der Waals surface area (Å²) in [5.41, 5.74) is 6.44. The van der Waals surface area contributed by atoms with E-state index in [4.69, 9.17) is 15.2 Å². The second kappa shape index (κ2) is 19.5. The molecule has 2 amide bonds. The molecular formula is C27H41FN4O5. The zero-order valence-electron chi connectivity index (χ0n) is 22.7. The number of rotatable bonds is 13. The Balaban J connectivity index is 0.00000410. The van der Waals surface area contributed by atoms with E-state index in [-0.39, 0.29) is 24.3 Å². The molecule has 0 aliphatic rings. The van der Waals surface area contributed by atoms with Crippen LogP contribution in [0, 0.1) is 5.82 Å². The van der Waals surface area contributed by atoms with Crippen LogP contribution in [-0.4, -0.2) is 49.8 Å². The minimum atomic E-state index is -0.897. The minimum Gasteiger partial charge on any atom is -0.499 e. The predicted octanol–water partition coefficient (Wildman–Crippen LogP) is 4.06. The third kappa shape index (κ3) is 14.5. The van der Waals surface area contributed by atoms with Gasteiger partial charge in [0, 0.05) is 18.3 Å². The van der Waals surface area contributed by atoms with Crippen LogP contribution in [-0.2, 0) is 23.9 Å². The number of hydrogen-bond acceptors (Lipinski definition) is 7. The number of hydrogen-bond donors (Lipinski definition) is 3. The fraction of sp³-hybridized carbons (Fsp3) is 0.481. The largest absolute Gasteiger partial charge is 0.499 e. The van der Waals surface area contributed by atoms with Gasteiger partial charge in [0.1, 0.15) is 11.9 Å². The lowest BCUT2D eigenvalue weighted by Gasteiger charge is -2.18. The van der Waals surface area contributed by atoms with Crippen LogP contribution < -0.4 is 16.4 Å². The summed E-state index contributed by atoms with van der Waals surface area (Å²) in [5.74, 6) is -1.48. The highest BCUT2D eigenvalue weighted by atomic mass is 19.1. The average molecular weight is 521 g/mol. The summed E-state index contributed by atoms with van der Waals surface area (Å²) in [6.07, 6.45) is 4.99. The SMILES string of the molecule is CC=C(CCC(NC(=O)CNC(=O)/C(C=Nc1ccc(F)cc1)=C(\C)N)C(=O)OCC)OCC.CCC. The van der Waals surface area contributed by atoms with Gasteiger partial charge in [-0.25, -0.2) is 9.18 Å². The summed E-state index contributed by atoms with van der Waals surface area (Å²) in [7, 11) is 0. The number of ether oxygens (including phenoxy) is 2. The molecule has 206 valence electrons. The Morgan fingerprint density at radius 1 is 1.08 bits per heavy atom. The third-order valence-corrected chi connectivity index (χ3v) is 4.49. The van der Waals surface area contributed by atoms with Gasteiger partial charge in [-0.3, -0.25) is 14.6 Å². The molecular weight excluding hydrogens is 479 g/mol. The van der Waals surface area contributed by atoms with Crippen LogP contribution in [0.3, 0.4) is 0 Å². The number of nitrogens with two attached hydrogens (primary N) is 1. The zero-order chi connectivity index (χ0) is 28.2. The van der Waals surface area contributed by atoms with E-state index in [1.807, 2.05) is 13.8 Å². The van der Waals surface area contributed by atoms with Crippen molar-refractivity contribution < 1.29 is 28.2 Å². The molecule has 0 aromatic heterocycles. The molecule has 37 heavy (non-hydrogen) atoms. The van der Waals surface area contributed by atoms with E-state index in [0.717, 1.165) is 0 Å². The molecule has 0 fully saturated rings. The van der Waals surface area contributed by atoms with Crippen molar-refractivity contribution in [3.8, 4) is 0 Å². The maximum absolute atomic E-state index is 13.0. The number of carbonyl (C=O) groups is 3. The van der Waals surface area contributed by atoms with E-state index in [2.05, 4.69) is 29.5 Å². The van der Waals surface area contributed by atoms with Gasteiger partial charge in [0.25, 0.3) is 5.91 Å². The average Bonchev–Trinajstić information content (AvgIpc) is 2.86. The van der Waals surface area contributed by atoms with Crippen molar-refractivity contribution in [2.45, 2.75) is 66.8 Å². The fourth-order valence-electron chi connectivity index (χ4n) is 2.77. The van der Waals surface area contributed by atoms with Crippen LogP contribution in [0.4, 0.5) is 10.1 Å². The molecule has 10 heteroatoms. The first-order valence-corrected chi connectivity index (χ1v) is 12.4. The van der Waals surface area contributed by atoms with Gasteiger partial charge < -0.3 is 25.8 Å². The molecule has 1 unspecified atom stereocenters. The maximum atomic E-state index is 13.0. The van der Waals surface area contributed by atoms with Crippen LogP contribution in [0.2, 0.25) is 0 Å². The Hall–Kier alpha value is -3.69. The zero-order valence-corrected chi connectivity index (χ0v) is 22.7. The van der Waals surface area contributed by atoms with E-state index >= 15 is 0 Å². The Kier molecular flexibility index (Phi) is 17.5. The second-order valence-electron chi connectivity index (χ2n) is 7.82. The Labute approximate surface area is 219 Å². The Bertz CT molecular complexity index is 939. The number of halogens is 1. The molecule has 0 spiro atoms. The van der Waals surface area contributed by atoms with Crippen LogP contribution in [0.1, 0.15) is 60.8 Å². The number of aliphatic imine (C=N–C) groups is 1. The van der Waals surface area contributed by atoms with E-state index < -0.39 is 36.2 Å². The van der Waals surface area contributed by atoms with Gasteiger partial charge in [0.05, 0.1) is 36.8 Å². The van der Waals surface area contributed by atoms with Crippen molar-refractivity contribution >= 4 is 29.7 Å². The summed E-state index contributed by atoms with van der Waals surface area (Å²) >= 11 is 0. The number of esters is 1. The summed E-state index contributed by atoms with van der Waals surface area (Å²) < 4.78 is 23.5. The van der Waals surface area contributed by atoms with Gasteiger partial charge in [0.2, 0.25) is 5.91 Å². The summed E-state index contributed by atoms with van der Waals surface area (Å²) in [5, 5.41) is 5.04. The normalized spacial score (nSPS) is 12.6. The van der Waals surface area contributed by atoms with E-state index in [9.17, 15) is 18.8 Å². The molecule has 1 aromatic carbocycles. The van der Waals surface area contributed by atoms with Crippen LogP contribution in [0.15, 0.2) is 52.4 Å². The quantitative estimate of drug-likeness (QED) is 0.156. The predicted molar refractivity (Wildman–Crippen MR) is 144 cm³/mol. The molecule has 0 aliphatic carbocycles. The van der Waals surface area contributed by atoms with Gasteiger partial charge in [0.15, 0.2) is 0 Å². The van der Waals surface area contributed by atoms with Crippen molar-refractivity contribution in [3.05, 3.63) is 53.2 Å². The first kappa shape index (κ1) is 33.3. The van der Waals surface area contributed by atoms with Crippen molar-refractivity contribution in [1.29, 1.82) is 0 Å². The molecule has 0 aliphatic heterocycles. The number of nitrogens with zero attached hydrogens (tertiary/aromatic N) is 1. The van der Waals surface area contributed by atoms with Gasteiger partial charge >= 0.3 is 5.97 Å². The lowest BCUT2D eigenvalue weighted by molar-refractivity contribution is -0.147. The Morgan fingerprint density at radius 2 is 1.68 bits per heavy atom. The molecule has 9 nitrogen and oxygen atoms in total. The van der Waals surface area contributed by atoms with Gasteiger partial charge in [-0.05, 0) is 64.5 Å². The molecule has 0 bridgehead atoms. The van der Waals surface area contributed by atoms with Crippen molar-refractivity contribution in [2.75, 3.05) is 19.8 Å². The fourth-order valence-corrected chi connectivity index (χ4v) is 2.77. The lowest BCUT2D eigenvalue weighted by Crippen LogP contribution is -2.46. The topological polar surface area (TPSA) is 132 Å². The van der Waals surface area contributed by atoms with Crippen molar-refractivity contribution in [1.82, 2.24) is 10.6 Å². The van der Waals surface area contributed by atoms with Gasteiger partial charge in [-0.15, -0.1) is 0 Å². The number of allylic oxidation sites excluding steroid dienone is 3. The summed E-state index contributed by atoms with van der Waals surface area (Å²) in [4.78, 5) is 41.3. The van der Waals surface area contributed by atoms with E-state index in [1.54, 1.807) is 13.0 Å². The third-order valence-electron chi connectivity index (χ3n) is 4.49. The number of nitrogens with one attached hydrogen (secondary N) is 2. The number of benzene rings is 1. The van der Waals surface area contributed by atoms with Crippen molar-refractivity contribution in [3.63, 3.8) is 0 Å². The van der Waals surface area contributed by atoms with Gasteiger partial charge in [-0.1, -0.05) is 20.3 Å². The molecule has 0 saturated heterocycles. The molecule has 1 rings (SSSR count). The summed E-state index contributed by atoms with van der Waals surface area (Å²) in [6.45, 7) is 11.4. The molecule has 0 heterocycles. The number of carbonyl (C=O) groups excluding carboxylic acids is 3. The van der Waals surface area contributed by atoms with E-state index in [1.165, 1.54) is 43.8 Å². The Morgan fingerprint density at radius 3 is 2.19 bits per heavy atom. The second-order valence-corrected chi connectivity index (χ2v) is 7.82. The maximum Gasteiger partial charge on any atom is 0.328 e. The smallest absolute Gasteiger partial charge is 0.328 e. The molecule has 1 aromatic rings. The molecule has 0 radical (unpaired) electrons. The van der Waals surface area contributed by atoms with Crippen molar-refractivity contribution in [2.24, 2.45) is 10.7 Å². The highest BCUT2D eigenvalue weighted by Crippen LogP contribution is 2.13. The molecule has 4 N–H and O–H groups in total. The van der Waals surface area contributed by atoms with Crippen LogP contribution >= 0.6 is 0 Å². The lowest BCUT2D eigenvalue weighted by atomic mass is 10.1. The molecule has 0 saturated carbocycles. The number of amides is 2. The highest BCUT2D eigenvalue weighted by molar-refractivity contribution is 6.13. The summed E-state index contributed by atoms with van der Waals surface area (Å²) in [6, 6.07) is 4.47. The van der Waals surface area contributed by atoms with E-state index in [0.29, 0.717) is 24.5 Å².